The summed E-state index contributed by atoms with van der Waals surface area (Å²) in [7, 11) is 1.39. The normalized spacial score (nSPS) is 14.6. The van der Waals surface area contributed by atoms with Crippen LogP contribution in [0.4, 0.5) is 4.79 Å². The number of aliphatic hydroxyl groups is 1. The molecule has 4 N–H and O–H groups in total. The highest BCUT2D eigenvalue weighted by Gasteiger charge is 2.29. The summed E-state index contributed by atoms with van der Waals surface area (Å²) in [5.41, 5.74) is -1.92. The number of hydrogen-bond acceptors (Lipinski definition) is 3. The van der Waals surface area contributed by atoms with Crippen molar-refractivity contribution in [1.82, 2.24) is 10.6 Å². The molecule has 0 aromatic carbocycles. The molecular formula is C6H12N2O4. The first-order valence-corrected chi connectivity index (χ1v) is 3.31. The molecule has 1 unspecified atom stereocenters. The first-order chi connectivity index (χ1) is 5.40. The molecule has 0 saturated heterocycles. The van der Waals surface area contributed by atoms with E-state index in [0.29, 0.717) is 0 Å². The average molecular weight is 176 g/mol. The Labute approximate surface area is 69.6 Å². The molecule has 0 aromatic heterocycles. The highest BCUT2D eigenvalue weighted by Crippen LogP contribution is 1.99. The van der Waals surface area contributed by atoms with Gasteiger partial charge in [-0.15, -0.1) is 0 Å². The average Bonchev–Trinajstić information content (AvgIpc) is 2.00. The fourth-order valence-electron chi connectivity index (χ4n) is 0.416. The van der Waals surface area contributed by atoms with Crippen molar-refractivity contribution < 1.29 is 19.8 Å². The molecular weight excluding hydrogens is 164 g/mol. The molecule has 12 heavy (non-hydrogen) atoms. The maximum Gasteiger partial charge on any atom is 0.337 e. The number of amides is 2. The molecule has 0 spiro atoms. The van der Waals surface area contributed by atoms with Gasteiger partial charge in [-0.2, -0.15) is 0 Å². The highest BCUT2D eigenvalue weighted by molar-refractivity contribution is 5.79. The number of carbonyl (C=O) groups is 2. The maximum atomic E-state index is 10.6. The van der Waals surface area contributed by atoms with Crippen LogP contribution in [-0.2, 0) is 4.79 Å². The zero-order chi connectivity index (χ0) is 9.78. The molecule has 0 radical (unpaired) electrons. The summed E-state index contributed by atoms with van der Waals surface area (Å²) in [4.78, 5) is 20.9. The summed E-state index contributed by atoms with van der Waals surface area (Å²) >= 11 is 0. The summed E-state index contributed by atoms with van der Waals surface area (Å²) in [6, 6.07) is -0.531. The maximum absolute atomic E-state index is 10.6. The van der Waals surface area contributed by atoms with Gasteiger partial charge in [0.15, 0.2) is 5.60 Å². The van der Waals surface area contributed by atoms with Crippen molar-refractivity contribution in [1.29, 1.82) is 0 Å². The minimum absolute atomic E-state index is 0.331. The molecule has 0 aliphatic rings. The van der Waals surface area contributed by atoms with E-state index in [9.17, 15) is 9.59 Å². The number of carboxylic acid groups (broad SMARTS) is 1. The second kappa shape index (κ2) is 3.91. The van der Waals surface area contributed by atoms with Gasteiger partial charge in [-0.25, -0.2) is 9.59 Å². The largest absolute Gasteiger partial charge is 0.479 e. The van der Waals surface area contributed by atoms with Gasteiger partial charge in [-0.1, -0.05) is 0 Å². The summed E-state index contributed by atoms with van der Waals surface area (Å²) in [6.07, 6.45) is 0. The Balaban J connectivity index is 3.92. The lowest BCUT2D eigenvalue weighted by Crippen LogP contribution is -2.48. The lowest BCUT2D eigenvalue weighted by Gasteiger charge is -2.17. The number of nitrogens with one attached hydrogen (secondary N) is 2. The van der Waals surface area contributed by atoms with E-state index in [4.69, 9.17) is 10.2 Å². The highest BCUT2D eigenvalue weighted by atomic mass is 16.4. The molecule has 0 aliphatic heterocycles. The third kappa shape index (κ3) is 3.20. The van der Waals surface area contributed by atoms with Gasteiger partial charge in [-0.3, -0.25) is 0 Å². The van der Waals surface area contributed by atoms with Gasteiger partial charge < -0.3 is 20.8 Å². The van der Waals surface area contributed by atoms with Crippen LogP contribution >= 0.6 is 0 Å². The molecule has 0 rings (SSSR count). The predicted octanol–water partition coefficient (Wildman–Crippen LogP) is -1.25. The first kappa shape index (κ1) is 10.7. The second-order valence-electron chi connectivity index (χ2n) is 2.51. The monoisotopic (exact) mass is 176 g/mol. The Morgan fingerprint density at radius 2 is 2.00 bits per heavy atom. The Bertz CT molecular complexity index is 190. The Hall–Kier alpha value is -1.30. The summed E-state index contributed by atoms with van der Waals surface area (Å²) in [5.74, 6) is -1.38. The topological polar surface area (TPSA) is 98.7 Å². The zero-order valence-corrected chi connectivity index (χ0v) is 6.92. The molecule has 6 nitrogen and oxygen atoms in total. The van der Waals surface area contributed by atoms with Crippen molar-refractivity contribution in [3.8, 4) is 0 Å². The summed E-state index contributed by atoms with van der Waals surface area (Å²) < 4.78 is 0. The molecule has 6 heteroatoms. The lowest BCUT2D eigenvalue weighted by atomic mass is 10.1. The molecule has 2 amide bonds. The van der Waals surface area contributed by atoms with E-state index in [1.807, 2.05) is 0 Å². The standard InChI is InChI=1S/C6H12N2O4/c1-6(12,4(9)10)3-8-5(11)7-2/h12H,3H2,1-2H3,(H,9,10)(H2,7,8,11). The van der Waals surface area contributed by atoms with Gasteiger partial charge in [-0.05, 0) is 6.92 Å². The van der Waals surface area contributed by atoms with E-state index in [1.165, 1.54) is 7.05 Å². The van der Waals surface area contributed by atoms with Crippen LogP contribution in [-0.4, -0.2) is 41.4 Å². The second-order valence-corrected chi connectivity index (χ2v) is 2.51. The van der Waals surface area contributed by atoms with Crippen LogP contribution in [0.3, 0.4) is 0 Å². The van der Waals surface area contributed by atoms with Crippen molar-refractivity contribution in [3.05, 3.63) is 0 Å². The predicted molar refractivity (Wildman–Crippen MR) is 40.7 cm³/mol. The zero-order valence-electron chi connectivity index (χ0n) is 6.92. The Morgan fingerprint density at radius 1 is 1.50 bits per heavy atom. The van der Waals surface area contributed by atoms with Crippen LogP contribution in [0.1, 0.15) is 6.92 Å². The van der Waals surface area contributed by atoms with Gasteiger partial charge in [0, 0.05) is 7.05 Å². The molecule has 0 saturated carbocycles. The number of hydrogen-bond donors (Lipinski definition) is 4. The third-order valence-electron chi connectivity index (χ3n) is 1.28. The van der Waals surface area contributed by atoms with Gasteiger partial charge in [0.2, 0.25) is 0 Å². The van der Waals surface area contributed by atoms with E-state index in [1.54, 1.807) is 0 Å². The van der Waals surface area contributed by atoms with Crippen LogP contribution in [0.15, 0.2) is 0 Å². The van der Waals surface area contributed by atoms with E-state index < -0.39 is 17.6 Å². The number of urea groups is 1. The van der Waals surface area contributed by atoms with E-state index in [2.05, 4.69) is 10.6 Å². The van der Waals surface area contributed by atoms with Crippen molar-refractivity contribution in [2.75, 3.05) is 13.6 Å². The number of carboxylic acids is 1. The van der Waals surface area contributed by atoms with Crippen molar-refractivity contribution in [2.24, 2.45) is 0 Å². The molecule has 0 fully saturated rings. The van der Waals surface area contributed by atoms with Crippen molar-refractivity contribution in [2.45, 2.75) is 12.5 Å². The van der Waals surface area contributed by atoms with Crippen LogP contribution in [0.5, 0.6) is 0 Å². The van der Waals surface area contributed by atoms with Gasteiger partial charge in [0.1, 0.15) is 0 Å². The van der Waals surface area contributed by atoms with Gasteiger partial charge in [0.05, 0.1) is 6.54 Å². The number of aliphatic carboxylic acids is 1. The summed E-state index contributed by atoms with van der Waals surface area (Å²) in [5, 5.41) is 21.9. The van der Waals surface area contributed by atoms with Crippen LogP contribution in [0.2, 0.25) is 0 Å². The Morgan fingerprint density at radius 3 is 2.33 bits per heavy atom. The van der Waals surface area contributed by atoms with E-state index in [0.717, 1.165) is 6.92 Å². The SMILES string of the molecule is CNC(=O)NCC(C)(O)C(=O)O. The minimum Gasteiger partial charge on any atom is -0.479 e. The third-order valence-corrected chi connectivity index (χ3v) is 1.28. The molecule has 70 valence electrons. The quantitative estimate of drug-likeness (QED) is 0.432. The smallest absolute Gasteiger partial charge is 0.337 e. The Kier molecular flexibility index (Phi) is 3.49. The molecule has 0 bridgehead atoms. The molecule has 0 aliphatic carbocycles. The molecule has 1 atom stereocenters. The van der Waals surface area contributed by atoms with E-state index >= 15 is 0 Å². The van der Waals surface area contributed by atoms with Crippen LogP contribution in [0, 0.1) is 0 Å². The molecule has 0 aromatic rings. The van der Waals surface area contributed by atoms with Crippen molar-refractivity contribution >= 4 is 12.0 Å². The lowest BCUT2D eigenvalue weighted by molar-refractivity contribution is -0.155. The van der Waals surface area contributed by atoms with E-state index in [-0.39, 0.29) is 6.54 Å². The first-order valence-electron chi connectivity index (χ1n) is 3.31. The minimum atomic E-state index is -1.92. The number of rotatable bonds is 3. The summed E-state index contributed by atoms with van der Waals surface area (Å²) in [6.45, 7) is 0.771. The van der Waals surface area contributed by atoms with Gasteiger partial charge >= 0.3 is 12.0 Å². The fraction of sp³-hybridized carbons (Fsp3) is 0.667. The molecule has 0 heterocycles. The van der Waals surface area contributed by atoms with Crippen LogP contribution in [0.25, 0.3) is 0 Å². The van der Waals surface area contributed by atoms with Gasteiger partial charge in [0.25, 0.3) is 0 Å². The fourth-order valence-corrected chi connectivity index (χ4v) is 0.416. The number of carbonyl (C=O) groups excluding carboxylic acids is 1. The van der Waals surface area contributed by atoms with Crippen LogP contribution < -0.4 is 10.6 Å². The van der Waals surface area contributed by atoms with Crippen molar-refractivity contribution in [3.63, 3.8) is 0 Å².